The molecule has 1 saturated heterocycles. The molecule has 2 aromatic heterocycles. The Bertz CT molecular complexity index is 891. The van der Waals surface area contributed by atoms with Gasteiger partial charge in [-0.2, -0.15) is 4.98 Å². The standard InChI is InChI=1S/C21H25N3O3/c1-3-4-5-17-14-24(12-13-26-17)19-11-10-18-21(23-19)27-20(22-18)15-6-8-16(25-2)9-7-15/h6-11,17H,3-5,12-14H2,1-2H3. The van der Waals surface area contributed by atoms with Crippen molar-refractivity contribution in [1.82, 2.24) is 9.97 Å². The lowest BCUT2D eigenvalue weighted by atomic mass is 10.1. The minimum Gasteiger partial charge on any atom is -0.497 e. The van der Waals surface area contributed by atoms with E-state index in [2.05, 4.69) is 16.8 Å². The van der Waals surface area contributed by atoms with E-state index < -0.39 is 0 Å². The van der Waals surface area contributed by atoms with Gasteiger partial charge in [-0.25, -0.2) is 4.98 Å². The Kier molecular flexibility index (Phi) is 5.25. The molecule has 0 saturated carbocycles. The zero-order chi connectivity index (χ0) is 18.6. The van der Waals surface area contributed by atoms with E-state index in [1.165, 1.54) is 12.8 Å². The van der Waals surface area contributed by atoms with Crippen LogP contribution in [-0.2, 0) is 4.74 Å². The molecule has 0 aliphatic carbocycles. The second kappa shape index (κ2) is 7.96. The first-order chi connectivity index (χ1) is 13.3. The number of methoxy groups -OCH3 is 1. The fraction of sp³-hybridized carbons (Fsp3) is 0.429. The summed E-state index contributed by atoms with van der Waals surface area (Å²) in [5.41, 5.74) is 2.23. The van der Waals surface area contributed by atoms with Crippen molar-refractivity contribution in [2.75, 3.05) is 31.7 Å². The van der Waals surface area contributed by atoms with Gasteiger partial charge in [0.15, 0.2) is 0 Å². The van der Waals surface area contributed by atoms with E-state index in [1.807, 2.05) is 36.4 Å². The van der Waals surface area contributed by atoms with Crippen LogP contribution in [0.3, 0.4) is 0 Å². The van der Waals surface area contributed by atoms with E-state index in [4.69, 9.17) is 18.9 Å². The molecule has 1 aliphatic rings. The molecule has 1 aliphatic heterocycles. The summed E-state index contributed by atoms with van der Waals surface area (Å²) in [6.45, 7) is 4.67. The maximum Gasteiger partial charge on any atom is 0.249 e. The van der Waals surface area contributed by atoms with E-state index in [0.29, 0.717) is 11.6 Å². The lowest BCUT2D eigenvalue weighted by Crippen LogP contribution is -2.42. The molecule has 0 radical (unpaired) electrons. The topological polar surface area (TPSA) is 60.6 Å². The van der Waals surface area contributed by atoms with Crippen molar-refractivity contribution >= 4 is 17.0 Å². The Labute approximate surface area is 159 Å². The first-order valence-electron chi connectivity index (χ1n) is 9.55. The summed E-state index contributed by atoms with van der Waals surface area (Å²) < 4.78 is 17.0. The van der Waals surface area contributed by atoms with Crippen molar-refractivity contribution in [3.05, 3.63) is 36.4 Å². The van der Waals surface area contributed by atoms with Gasteiger partial charge >= 0.3 is 0 Å². The van der Waals surface area contributed by atoms with Gasteiger partial charge in [-0.3, -0.25) is 0 Å². The van der Waals surface area contributed by atoms with Crippen molar-refractivity contribution < 1.29 is 13.9 Å². The Morgan fingerprint density at radius 2 is 2.00 bits per heavy atom. The van der Waals surface area contributed by atoms with Crippen LogP contribution in [0.25, 0.3) is 22.7 Å². The molecule has 1 fully saturated rings. The minimum absolute atomic E-state index is 0.279. The Morgan fingerprint density at radius 3 is 2.78 bits per heavy atom. The van der Waals surface area contributed by atoms with Crippen molar-refractivity contribution in [2.24, 2.45) is 0 Å². The molecule has 0 N–H and O–H groups in total. The molecule has 142 valence electrons. The van der Waals surface area contributed by atoms with E-state index >= 15 is 0 Å². The number of pyridine rings is 1. The lowest BCUT2D eigenvalue weighted by molar-refractivity contribution is 0.0336. The number of nitrogens with zero attached hydrogens (tertiary/aromatic N) is 3. The van der Waals surface area contributed by atoms with E-state index in [9.17, 15) is 0 Å². The minimum atomic E-state index is 0.279. The van der Waals surface area contributed by atoms with Gasteiger partial charge in [0.2, 0.25) is 11.6 Å². The van der Waals surface area contributed by atoms with Gasteiger partial charge in [-0.05, 0) is 42.8 Å². The lowest BCUT2D eigenvalue weighted by Gasteiger charge is -2.33. The van der Waals surface area contributed by atoms with Crippen molar-refractivity contribution in [3.63, 3.8) is 0 Å². The molecule has 1 unspecified atom stereocenters. The number of ether oxygens (including phenoxy) is 2. The van der Waals surface area contributed by atoms with Crippen molar-refractivity contribution in [1.29, 1.82) is 0 Å². The van der Waals surface area contributed by atoms with Crippen molar-refractivity contribution in [2.45, 2.75) is 32.3 Å². The SMILES string of the molecule is CCCCC1CN(c2ccc3nc(-c4ccc(OC)cc4)oc3n2)CCO1. The van der Waals surface area contributed by atoms with Crippen LogP contribution in [0.2, 0.25) is 0 Å². The highest BCUT2D eigenvalue weighted by molar-refractivity contribution is 5.74. The van der Waals surface area contributed by atoms with Gasteiger partial charge in [0.25, 0.3) is 0 Å². The summed E-state index contributed by atoms with van der Waals surface area (Å²) in [6, 6.07) is 11.7. The number of fused-ring (bicyclic) bond motifs is 1. The molecule has 27 heavy (non-hydrogen) atoms. The quantitative estimate of drug-likeness (QED) is 0.648. The number of morpholine rings is 1. The third-order valence-electron chi connectivity index (χ3n) is 4.92. The average molecular weight is 367 g/mol. The van der Waals surface area contributed by atoms with Crippen LogP contribution in [0.4, 0.5) is 5.82 Å². The monoisotopic (exact) mass is 367 g/mol. The van der Waals surface area contributed by atoms with Gasteiger partial charge in [0.05, 0.1) is 19.8 Å². The van der Waals surface area contributed by atoms with Gasteiger partial charge in [-0.15, -0.1) is 0 Å². The van der Waals surface area contributed by atoms with Crippen molar-refractivity contribution in [3.8, 4) is 17.2 Å². The fourth-order valence-electron chi connectivity index (χ4n) is 3.37. The number of rotatable bonds is 6. The number of aromatic nitrogens is 2. The highest BCUT2D eigenvalue weighted by Crippen LogP contribution is 2.27. The summed E-state index contributed by atoms with van der Waals surface area (Å²) in [4.78, 5) is 11.6. The highest BCUT2D eigenvalue weighted by atomic mass is 16.5. The van der Waals surface area contributed by atoms with E-state index in [-0.39, 0.29) is 6.10 Å². The Morgan fingerprint density at radius 1 is 1.15 bits per heavy atom. The third kappa shape index (κ3) is 3.90. The zero-order valence-corrected chi connectivity index (χ0v) is 15.9. The molecule has 0 bridgehead atoms. The zero-order valence-electron chi connectivity index (χ0n) is 15.9. The number of hydrogen-bond acceptors (Lipinski definition) is 6. The number of benzene rings is 1. The predicted molar refractivity (Wildman–Crippen MR) is 105 cm³/mol. The fourth-order valence-corrected chi connectivity index (χ4v) is 3.37. The number of unbranched alkanes of at least 4 members (excludes halogenated alkanes) is 1. The summed E-state index contributed by atoms with van der Waals surface area (Å²) in [7, 11) is 1.65. The van der Waals surface area contributed by atoms with Crippen LogP contribution in [0.5, 0.6) is 5.75 Å². The second-order valence-corrected chi connectivity index (χ2v) is 6.82. The van der Waals surface area contributed by atoms with Crippen LogP contribution in [-0.4, -0.2) is 42.9 Å². The van der Waals surface area contributed by atoms with Gasteiger partial charge in [-0.1, -0.05) is 19.8 Å². The molecule has 1 aromatic carbocycles. The molecule has 3 aromatic rings. The summed E-state index contributed by atoms with van der Waals surface area (Å²) >= 11 is 0. The highest BCUT2D eigenvalue weighted by Gasteiger charge is 2.22. The van der Waals surface area contributed by atoms with E-state index in [0.717, 1.165) is 48.8 Å². The molecule has 1 atom stereocenters. The van der Waals surface area contributed by atoms with Gasteiger partial charge in [0.1, 0.15) is 17.1 Å². The van der Waals surface area contributed by atoms with Crippen LogP contribution < -0.4 is 9.64 Å². The molecular formula is C21H25N3O3. The van der Waals surface area contributed by atoms with Crippen LogP contribution in [0.15, 0.2) is 40.8 Å². The second-order valence-electron chi connectivity index (χ2n) is 6.82. The first kappa shape index (κ1) is 17.8. The molecule has 0 spiro atoms. The molecule has 6 nitrogen and oxygen atoms in total. The molecule has 0 amide bonds. The average Bonchev–Trinajstić information content (AvgIpc) is 3.16. The Balaban J connectivity index is 1.55. The number of anilines is 1. The molecule has 4 rings (SSSR count). The number of hydrogen-bond donors (Lipinski definition) is 0. The van der Waals surface area contributed by atoms with Gasteiger partial charge < -0.3 is 18.8 Å². The summed E-state index contributed by atoms with van der Waals surface area (Å²) in [5.74, 6) is 2.30. The number of oxazole rings is 1. The van der Waals surface area contributed by atoms with Crippen LogP contribution in [0, 0.1) is 0 Å². The van der Waals surface area contributed by atoms with Crippen LogP contribution >= 0.6 is 0 Å². The smallest absolute Gasteiger partial charge is 0.249 e. The normalized spacial score (nSPS) is 17.4. The Hall–Kier alpha value is -2.60. The summed E-state index contributed by atoms with van der Waals surface area (Å²) in [5, 5.41) is 0. The molecular weight excluding hydrogens is 342 g/mol. The predicted octanol–water partition coefficient (Wildman–Crippen LogP) is 4.29. The van der Waals surface area contributed by atoms with E-state index in [1.54, 1.807) is 7.11 Å². The summed E-state index contributed by atoms with van der Waals surface area (Å²) in [6.07, 6.45) is 3.76. The third-order valence-corrected chi connectivity index (χ3v) is 4.92. The first-order valence-corrected chi connectivity index (χ1v) is 9.55. The van der Waals surface area contributed by atoms with Crippen LogP contribution in [0.1, 0.15) is 26.2 Å². The molecule has 3 heterocycles. The molecule has 6 heteroatoms. The maximum absolute atomic E-state index is 5.93. The van der Waals surface area contributed by atoms with Gasteiger partial charge in [0, 0.05) is 18.7 Å². The maximum atomic E-state index is 5.93. The largest absolute Gasteiger partial charge is 0.497 e.